The van der Waals surface area contributed by atoms with Crippen LogP contribution in [-0.2, 0) is 4.79 Å². The average molecular weight is 393 g/mol. The number of carbonyl (C=O) groups excluding carboxylic acids is 1. The first-order valence-electron chi connectivity index (χ1n) is 9.31. The molecule has 2 aliphatic rings. The third-order valence-corrected chi connectivity index (χ3v) is 5.18. The summed E-state index contributed by atoms with van der Waals surface area (Å²) in [7, 11) is 1.60. The van der Waals surface area contributed by atoms with Gasteiger partial charge in [0.15, 0.2) is 17.3 Å². The minimum Gasteiger partial charge on any atom is -0.495 e. The summed E-state index contributed by atoms with van der Waals surface area (Å²) in [5.41, 5.74) is 2.57. The number of rotatable bonds is 4. The number of hydrogen-bond donors (Lipinski definition) is 0. The Morgan fingerprint density at radius 2 is 2.00 bits per heavy atom. The number of amides is 1. The van der Waals surface area contributed by atoms with Gasteiger partial charge >= 0.3 is 0 Å². The molecule has 0 N–H and O–H groups in total. The van der Waals surface area contributed by atoms with Crippen molar-refractivity contribution in [1.29, 1.82) is 0 Å². The number of nitrogens with zero attached hydrogens (tertiary/aromatic N) is 3. The predicted molar refractivity (Wildman–Crippen MR) is 103 cm³/mol. The van der Waals surface area contributed by atoms with E-state index < -0.39 is 0 Å². The fraction of sp³-hybridized carbons (Fsp3) is 0.286. The highest BCUT2D eigenvalue weighted by molar-refractivity contribution is 5.97. The molecule has 3 aromatic rings. The highest BCUT2D eigenvalue weighted by Crippen LogP contribution is 2.38. The van der Waals surface area contributed by atoms with Crippen LogP contribution in [0.2, 0.25) is 0 Å². The quantitative estimate of drug-likeness (QED) is 0.672. The molecule has 2 aliphatic heterocycles. The van der Waals surface area contributed by atoms with Crippen molar-refractivity contribution in [2.45, 2.75) is 19.3 Å². The van der Waals surface area contributed by atoms with Crippen molar-refractivity contribution in [2.24, 2.45) is 0 Å². The lowest BCUT2D eigenvalue weighted by Gasteiger charge is -2.19. The van der Waals surface area contributed by atoms with E-state index in [0.717, 1.165) is 16.8 Å². The molecule has 1 saturated heterocycles. The molecule has 1 atom stereocenters. The summed E-state index contributed by atoms with van der Waals surface area (Å²) in [6, 6.07) is 11.2. The molecule has 1 unspecified atom stereocenters. The molecule has 0 bridgehead atoms. The van der Waals surface area contributed by atoms with Crippen molar-refractivity contribution in [1.82, 2.24) is 10.1 Å². The molecule has 3 heterocycles. The van der Waals surface area contributed by atoms with E-state index in [-0.39, 0.29) is 18.6 Å². The van der Waals surface area contributed by atoms with Gasteiger partial charge in [0.1, 0.15) is 5.75 Å². The normalized spacial score (nSPS) is 17.8. The van der Waals surface area contributed by atoms with E-state index >= 15 is 0 Å². The first-order valence-corrected chi connectivity index (χ1v) is 9.31. The van der Waals surface area contributed by atoms with Gasteiger partial charge in [0.2, 0.25) is 12.7 Å². The second-order valence-corrected chi connectivity index (χ2v) is 7.11. The number of methoxy groups -OCH3 is 1. The summed E-state index contributed by atoms with van der Waals surface area (Å²) in [6.45, 7) is 2.66. The summed E-state index contributed by atoms with van der Waals surface area (Å²) in [5, 5.41) is 4.12. The summed E-state index contributed by atoms with van der Waals surface area (Å²) in [6.07, 6.45) is 0.317. The lowest BCUT2D eigenvalue weighted by atomic mass is 10.1. The van der Waals surface area contributed by atoms with Crippen LogP contribution in [0.4, 0.5) is 5.69 Å². The number of carbonyl (C=O) groups is 1. The van der Waals surface area contributed by atoms with E-state index in [1.165, 1.54) is 0 Å². The van der Waals surface area contributed by atoms with Crippen molar-refractivity contribution in [3.05, 3.63) is 47.8 Å². The lowest BCUT2D eigenvalue weighted by molar-refractivity contribution is -0.117. The SMILES string of the molecule is COc1ccc(C)cc1N1CC(c2noc(-c3ccc4c(c3)OCO4)n2)CC1=O. The molecule has 29 heavy (non-hydrogen) atoms. The summed E-state index contributed by atoms with van der Waals surface area (Å²) >= 11 is 0. The standard InChI is InChI=1S/C21H19N3O5/c1-12-3-5-16(26-2)15(7-12)24-10-14(9-19(24)25)20-22-21(29-23-20)13-4-6-17-18(8-13)28-11-27-17/h3-8,14H,9-11H2,1-2H3. The number of aryl methyl sites for hydroxylation is 1. The van der Waals surface area contributed by atoms with Gasteiger partial charge in [0, 0.05) is 24.4 Å². The van der Waals surface area contributed by atoms with Gasteiger partial charge in [-0.2, -0.15) is 4.98 Å². The molecular formula is C21H19N3O5. The molecule has 1 fully saturated rings. The van der Waals surface area contributed by atoms with Crippen LogP contribution in [0.25, 0.3) is 11.5 Å². The zero-order valence-electron chi connectivity index (χ0n) is 16.0. The van der Waals surface area contributed by atoms with Gasteiger partial charge < -0.3 is 23.6 Å². The monoisotopic (exact) mass is 393 g/mol. The Morgan fingerprint density at radius 1 is 1.14 bits per heavy atom. The maximum absolute atomic E-state index is 12.7. The van der Waals surface area contributed by atoms with E-state index in [9.17, 15) is 4.79 Å². The van der Waals surface area contributed by atoms with Crippen LogP contribution in [0.1, 0.15) is 23.7 Å². The van der Waals surface area contributed by atoms with Gasteiger partial charge in [-0.25, -0.2) is 0 Å². The number of benzene rings is 2. The van der Waals surface area contributed by atoms with Gasteiger partial charge in [0.25, 0.3) is 5.89 Å². The molecule has 2 aromatic carbocycles. The smallest absolute Gasteiger partial charge is 0.258 e. The number of aromatic nitrogens is 2. The molecule has 0 aliphatic carbocycles. The summed E-state index contributed by atoms with van der Waals surface area (Å²) in [4.78, 5) is 19.0. The average Bonchev–Trinajstić information content (AvgIpc) is 3.46. The minimum absolute atomic E-state index is 0.00771. The topological polar surface area (TPSA) is 86.9 Å². The molecule has 0 spiro atoms. The Hall–Kier alpha value is -3.55. The summed E-state index contributed by atoms with van der Waals surface area (Å²) in [5.74, 6) is 2.76. The summed E-state index contributed by atoms with van der Waals surface area (Å²) < 4.78 is 21.6. The second-order valence-electron chi connectivity index (χ2n) is 7.11. The number of anilines is 1. The third kappa shape index (κ3) is 3.06. The maximum atomic E-state index is 12.7. The number of ether oxygens (including phenoxy) is 3. The van der Waals surface area contributed by atoms with Crippen LogP contribution in [0.5, 0.6) is 17.2 Å². The van der Waals surface area contributed by atoms with Gasteiger partial charge in [0.05, 0.1) is 12.8 Å². The van der Waals surface area contributed by atoms with E-state index in [2.05, 4.69) is 10.1 Å². The van der Waals surface area contributed by atoms with E-state index in [1.807, 2.05) is 43.3 Å². The lowest BCUT2D eigenvalue weighted by Crippen LogP contribution is -2.25. The molecule has 8 nitrogen and oxygen atoms in total. The van der Waals surface area contributed by atoms with Crippen LogP contribution in [0.3, 0.4) is 0 Å². The first-order chi connectivity index (χ1) is 14.1. The Balaban J connectivity index is 1.39. The van der Waals surface area contributed by atoms with E-state index in [1.54, 1.807) is 12.0 Å². The number of fused-ring (bicyclic) bond motifs is 1. The predicted octanol–water partition coefficient (Wildman–Crippen LogP) is 3.30. The molecule has 1 aromatic heterocycles. The molecule has 8 heteroatoms. The largest absolute Gasteiger partial charge is 0.495 e. The zero-order valence-corrected chi connectivity index (χ0v) is 16.0. The van der Waals surface area contributed by atoms with Crippen LogP contribution in [0, 0.1) is 6.92 Å². The van der Waals surface area contributed by atoms with Crippen LogP contribution >= 0.6 is 0 Å². The van der Waals surface area contributed by atoms with Crippen molar-refractivity contribution in [2.75, 3.05) is 25.3 Å². The highest BCUT2D eigenvalue weighted by Gasteiger charge is 2.36. The Bertz CT molecular complexity index is 1090. The molecule has 5 rings (SSSR count). The van der Waals surface area contributed by atoms with Crippen LogP contribution in [0.15, 0.2) is 40.9 Å². The molecule has 0 saturated carbocycles. The Kier molecular flexibility index (Phi) is 4.12. The van der Waals surface area contributed by atoms with Gasteiger partial charge in [-0.1, -0.05) is 11.2 Å². The van der Waals surface area contributed by atoms with Crippen molar-refractivity contribution < 1.29 is 23.5 Å². The first kappa shape index (κ1) is 17.5. The van der Waals surface area contributed by atoms with Crippen molar-refractivity contribution in [3.8, 4) is 28.7 Å². The van der Waals surface area contributed by atoms with Gasteiger partial charge in [-0.15, -0.1) is 0 Å². The van der Waals surface area contributed by atoms with E-state index in [4.69, 9.17) is 18.7 Å². The van der Waals surface area contributed by atoms with Crippen LogP contribution < -0.4 is 19.1 Å². The van der Waals surface area contributed by atoms with Crippen LogP contribution in [-0.4, -0.2) is 36.5 Å². The fourth-order valence-corrected chi connectivity index (χ4v) is 3.67. The minimum atomic E-state index is -0.153. The number of hydrogen-bond acceptors (Lipinski definition) is 7. The molecular weight excluding hydrogens is 374 g/mol. The third-order valence-electron chi connectivity index (χ3n) is 5.18. The molecule has 1 amide bonds. The van der Waals surface area contributed by atoms with Crippen molar-refractivity contribution >= 4 is 11.6 Å². The van der Waals surface area contributed by atoms with Gasteiger partial charge in [-0.05, 0) is 42.8 Å². The molecule has 0 radical (unpaired) electrons. The maximum Gasteiger partial charge on any atom is 0.258 e. The Morgan fingerprint density at radius 3 is 2.86 bits per heavy atom. The second kappa shape index (κ2) is 6.80. The zero-order chi connectivity index (χ0) is 20.0. The molecule has 148 valence electrons. The van der Waals surface area contributed by atoms with Crippen molar-refractivity contribution in [3.63, 3.8) is 0 Å². The van der Waals surface area contributed by atoms with Gasteiger partial charge in [-0.3, -0.25) is 4.79 Å². The van der Waals surface area contributed by atoms with E-state index in [0.29, 0.717) is 41.9 Å². The highest BCUT2D eigenvalue weighted by atomic mass is 16.7. The Labute approximate surface area is 167 Å². The fourth-order valence-electron chi connectivity index (χ4n) is 3.67.